The molecule has 1 fully saturated rings. The molecule has 6 heteroatoms. The molecule has 0 aromatic heterocycles. The maximum absolute atomic E-state index is 12.5. The lowest BCUT2D eigenvalue weighted by Gasteiger charge is -2.24. The van der Waals surface area contributed by atoms with Crippen LogP contribution in [0.25, 0.3) is 6.08 Å². The molecule has 0 amide bonds. The number of ether oxygens (including phenoxy) is 2. The third-order valence-electron chi connectivity index (χ3n) is 6.75. The number of benzene rings is 2. The van der Waals surface area contributed by atoms with Crippen LogP contribution in [0.15, 0.2) is 61.2 Å². The lowest BCUT2D eigenvalue weighted by molar-refractivity contribution is -0.140. The van der Waals surface area contributed by atoms with Gasteiger partial charge in [0.05, 0.1) is 12.5 Å². The van der Waals surface area contributed by atoms with Crippen molar-refractivity contribution in [3.63, 3.8) is 0 Å². The highest BCUT2D eigenvalue weighted by molar-refractivity contribution is 5.87. The molecular weight excluding hydrogens is 452 g/mol. The maximum atomic E-state index is 12.5. The van der Waals surface area contributed by atoms with Crippen LogP contribution in [0, 0.1) is 11.8 Å². The minimum absolute atomic E-state index is 0.0360. The van der Waals surface area contributed by atoms with Crippen LogP contribution in [-0.4, -0.2) is 18.5 Å². The van der Waals surface area contributed by atoms with Gasteiger partial charge < -0.3 is 20.9 Å². The quantitative estimate of drug-likeness (QED) is 0.126. The van der Waals surface area contributed by atoms with Crippen molar-refractivity contribution in [2.24, 2.45) is 11.8 Å². The van der Waals surface area contributed by atoms with Crippen LogP contribution in [-0.2, 0) is 14.3 Å². The molecule has 192 valence electrons. The molecule has 0 radical (unpaired) electrons. The van der Waals surface area contributed by atoms with E-state index in [0.29, 0.717) is 23.0 Å². The summed E-state index contributed by atoms with van der Waals surface area (Å²) in [4.78, 5) is 24.8. The Kier molecular flexibility index (Phi) is 10.2. The standard InChI is InChI=1S/C30H38N2O4/c1-3-5-6-24(25-17-26(31)19-27(32)18-25)20-35-29(33)16-11-22-9-14-28(15-10-22)36-30(34)23-12-7-21(4-2)8-13-23/h4,9-11,14-19,21,23-24H,2-3,5-8,12-13,20,31-32H2,1H3. The molecule has 1 atom stereocenters. The first-order valence-electron chi connectivity index (χ1n) is 12.8. The Labute approximate surface area is 214 Å². The minimum atomic E-state index is -0.418. The van der Waals surface area contributed by atoms with Gasteiger partial charge in [0.2, 0.25) is 0 Å². The summed E-state index contributed by atoms with van der Waals surface area (Å²) in [5.74, 6) is 0.396. The fraction of sp³-hybridized carbons (Fsp3) is 0.400. The number of carbonyl (C=O) groups excluding carboxylic acids is 2. The van der Waals surface area contributed by atoms with Gasteiger partial charge in [0.1, 0.15) is 5.75 Å². The SMILES string of the molecule is C=CC1CCC(C(=O)Oc2ccc(C=CC(=O)OCC(CCCC)c3cc(N)cc(N)c3)cc2)CC1. The van der Waals surface area contributed by atoms with Gasteiger partial charge in [0.15, 0.2) is 0 Å². The zero-order valence-electron chi connectivity index (χ0n) is 21.2. The normalized spacial score (nSPS) is 18.5. The highest BCUT2D eigenvalue weighted by Gasteiger charge is 2.26. The van der Waals surface area contributed by atoms with E-state index in [1.54, 1.807) is 36.4 Å². The van der Waals surface area contributed by atoms with Gasteiger partial charge in [-0.2, -0.15) is 0 Å². The first kappa shape index (κ1) is 27.1. The van der Waals surface area contributed by atoms with Crippen LogP contribution >= 0.6 is 0 Å². The van der Waals surface area contributed by atoms with E-state index >= 15 is 0 Å². The second-order valence-electron chi connectivity index (χ2n) is 9.57. The van der Waals surface area contributed by atoms with E-state index in [2.05, 4.69) is 13.5 Å². The molecule has 36 heavy (non-hydrogen) atoms. The fourth-order valence-electron chi connectivity index (χ4n) is 4.57. The molecule has 0 spiro atoms. The Balaban J connectivity index is 1.50. The second kappa shape index (κ2) is 13.5. The number of carbonyl (C=O) groups is 2. The van der Waals surface area contributed by atoms with Crippen molar-refractivity contribution < 1.29 is 19.1 Å². The molecule has 2 aromatic rings. The van der Waals surface area contributed by atoms with E-state index in [-0.39, 0.29) is 24.4 Å². The van der Waals surface area contributed by atoms with Crippen LogP contribution in [0.3, 0.4) is 0 Å². The summed E-state index contributed by atoms with van der Waals surface area (Å²) in [5, 5.41) is 0. The zero-order chi connectivity index (χ0) is 25.9. The molecule has 4 N–H and O–H groups in total. The average molecular weight is 491 g/mol. The monoisotopic (exact) mass is 490 g/mol. The molecule has 0 bridgehead atoms. The molecule has 6 nitrogen and oxygen atoms in total. The van der Waals surface area contributed by atoms with Crippen molar-refractivity contribution in [2.75, 3.05) is 18.1 Å². The molecule has 0 aliphatic heterocycles. The van der Waals surface area contributed by atoms with Crippen molar-refractivity contribution in [1.29, 1.82) is 0 Å². The van der Waals surface area contributed by atoms with Crippen molar-refractivity contribution in [3.8, 4) is 5.75 Å². The minimum Gasteiger partial charge on any atom is -0.462 e. The summed E-state index contributed by atoms with van der Waals surface area (Å²) < 4.78 is 11.1. The fourth-order valence-corrected chi connectivity index (χ4v) is 4.57. The predicted octanol–water partition coefficient (Wildman–Crippen LogP) is 6.28. The van der Waals surface area contributed by atoms with E-state index in [1.807, 2.05) is 18.2 Å². The van der Waals surface area contributed by atoms with E-state index in [4.69, 9.17) is 20.9 Å². The van der Waals surface area contributed by atoms with E-state index in [1.165, 1.54) is 6.08 Å². The van der Waals surface area contributed by atoms with Crippen molar-refractivity contribution in [3.05, 3.63) is 72.3 Å². The first-order chi connectivity index (χ1) is 17.4. The predicted molar refractivity (Wildman–Crippen MR) is 145 cm³/mol. The summed E-state index contributed by atoms with van der Waals surface area (Å²) in [6.07, 6.45) is 11.6. The molecule has 1 unspecified atom stereocenters. The van der Waals surface area contributed by atoms with Gasteiger partial charge in [0.25, 0.3) is 0 Å². The molecular formula is C30H38N2O4. The molecule has 2 aromatic carbocycles. The maximum Gasteiger partial charge on any atom is 0.330 e. The average Bonchev–Trinajstić information content (AvgIpc) is 2.87. The zero-order valence-corrected chi connectivity index (χ0v) is 21.2. The van der Waals surface area contributed by atoms with E-state index in [0.717, 1.165) is 56.1 Å². The number of allylic oxidation sites excluding steroid dienone is 1. The highest BCUT2D eigenvalue weighted by Crippen LogP contribution is 2.31. The summed E-state index contributed by atoms with van der Waals surface area (Å²) >= 11 is 0. The summed E-state index contributed by atoms with van der Waals surface area (Å²) in [6.45, 7) is 6.23. The number of hydrogen-bond acceptors (Lipinski definition) is 6. The van der Waals surface area contributed by atoms with Gasteiger partial charge in [-0.1, -0.05) is 38.0 Å². The highest BCUT2D eigenvalue weighted by atomic mass is 16.5. The third kappa shape index (κ3) is 8.29. The number of hydrogen-bond donors (Lipinski definition) is 2. The van der Waals surface area contributed by atoms with Gasteiger partial charge in [-0.25, -0.2) is 4.79 Å². The Hall–Kier alpha value is -3.54. The van der Waals surface area contributed by atoms with Crippen LogP contribution in [0.5, 0.6) is 5.75 Å². The molecule has 1 aliphatic rings. The Morgan fingerprint density at radius 1 is 1.06 bits per heavy atom. The van der Waals surface area contributed by atoms with E-state index in [9.17, 15) is 9.59 Å². The number of nitrogens with two attached hydrogens (primary N) is 2. The summed E-state index contributed by atoms with van der Waals surface area (Å²) in [6, 6.07) is 12.6. The Morgan fingerprint density at radius 3 is 2.33 bits per heavy atom. The van der Waals surface area contributed by atoms with Crippen LogP contribution in [0.4, 0.5) is 11.4 Å². The molecule has 3 rings (SSSR count). The van der Waals surface area contributed by atoms with Gasteiger partial charge in [0, 0.05) is 23.4 Å². The first-order valence-corrected chi connectivity index (χ1v) is 12.8. The van der Waals surface area contributed by atoms with E-state index < -0.39 is 5.97 Å². The smallest absolute Gasteiger partial charge is 0.330 e. The van der Waals surface area contributed by atoms with Crippen LogP contribution < -0.4 is 16.2 Å². The van der Waals surface area contributed by atoms with Crippen LogP contribution in [0.2, 0.25) is 0 Å². The molecule has 1 saturated carbocycles. The molecule has 0 heterocycles. The number of nitrogen functional groups attached to an aromatic ring is 2. The number of rotatable bonds is 11. The van der Waals surface area contributed by atoms with Crippen molar-refractivity contribution >= 4 is 29.4 Å². The van der Waals surface area contributed by atoms with Crippen LogP contribution in [0.1, 0.15) is 68.9 Å². The number of anilines is 2. The molecule has 1 aliphatic carbocycles. The Bertz CT molecular complexity index is 1030. The lowest BCUT2D eigenvalue weighted by atomic mass is 9.82. The topological polar surface area (TPSA) is 105 Å². The summed E-state index contributed by atoms with van der Waals surface area (Å²) in [5.41, 5.74) is 14.9. The lowest BCUT2D eigenvalue weighted by Crippen LogP contribution is -2.25. The van der Waals surface area contributed by atoms with Gasteiger partial charge in [-0.05, 0) is 85.6 Å². The summed E-state index contributed by atoms with van der Waals surface area (Å²) in [7, 11) is 0. The second-order valence-corrected chi connectivity index (χ2v) is 9.57. The van der Waals surface area contributed by atoms with Crippen molar-refractivity contribution in [2.45, 2.75) is 57.8 Å². The third-order valence-corrected chi connectivity index (χ3v) is 6.75. The number of esters is 2. The van der Waals surface area contributed by atoms with Crippen molar-refractivity contribution in [1.82, 2.24) is 0 Å². The largest absolute Gasteiger partial charge is 0.462 e. The number of unbranched alkanes of at least 4 members (excludes halogenated alkanes) is 1. The van der Waals surface area contributed by atoms with Gasteiger partial charge in [-0.15, -0.1) is 6.58 Å². The molecule has 0 saturated heterocycles. The Morgan fingerprint density at radius 2 is 1.72 bits per heavy atom. The van der Waals surface area contributed by atoms with Gasteiger partial charge in [-0.3, -0.25) is 4.79 Å². The van der Waals surface area contributed by atoms with Gasteiger partial charge >= 0.3 is 11.9 Å².